The summed E-state index contributed by atoms with van der Waals surface area (Å²) in [6.45, 7) is 22.0. The van der Waals surface area contributed by atoms with E-state index in [0.29, 0.717) is 0 Å². The van der Waals surface area contributed by atoms with Crippen LogP contribution < -0.4 is 24.8 Å². The van der Waals surface area contributed by atoms with Crippen LogP contribution in [-0.4, -0.2) is 0 Å². The second-order valence-electron chi connectivity index (χ2n) is 6.25. The van der Waals surface area contributed by atoms with Gasteiger partial charge in [-0.1, -0.05) is 69.2 Å². The van der Waals surface area contributed by atoms with E-state index in [9.17, 15) is 0 Å². The summed E-state index contributed by atoms with van der Waals surface area (Å²) in [7, 11) is 0. The molecular formula is C20H30Cl2Zr2+4. The largest absolute Gasteiger partial charge is 4.00 e. The SMILES string of the molecule is Cc1c(C)c(C)[c-](C)c1C.Cc1c(C)c(C)[c-](C)c1C.[Cl-].[Cl-].[Zr+4].[Zr+4]. The van der Waals surface area contributed by atoms with Crippen molar-refractivity contribution in [3.63, 3.8) is 0 Å². The van der Waals surface area contributed by atoms with Gasteiger partial charge in [0.2, 0.25) is 0 Å². The summed E-state index contributed by atoms with van der Waals surface area (Å²) in [5, 5.41) is 0. The van der Waals surface area contributed by atoms with Crippen LogP contribution in [0.2, 0.25) is 0 Å². The fraction of sp³-hybridized carbons (Fsp3) is 0.500. The fourth-order valence-corrected chi connectivity index (χ4v) is 2.81. The molecule has 0 radical (unpaired) electrons. The normalized spacial score (nSPS) is 8.75. The van der Waals surface area contributed by atoms with Crippen LogP contribution >= 0.6 is 0 Å². The van der Waals surface area contributed by atoms with Crippen LogP contribution in [0.3, 0.4) is 0 Å². The molecule has 0 saturated heterocycles. The Labute approximate surface area is 200 Å². The van der Waals surface area contributed by atoms with Gasteiger partial charge >= 0.3 is 52.4 Å². The molecule has 0 amide bonds. The number of hydrogen-bond acceptors (Lipinski definition) is 0. The van der Waals surface area contributed by atoms with Crippen molar-refractivity contribution >= 4 is 0 Å². The number of halogens is 2. The van der Waals surface area contributed by atoms with Gasteiger partial charge in [0, 0.05) is 0 Å². The third-order valence-electron chi connectivity index (χ3n) is 5.62. The minimum absolute atomic E-state index is 0. The molecule has 0 aliphatic heterocycles. The van der Waals surface area contributed by atoms with Crippen LogP contribution in [0.5, 0.6) is 0 Å². The predicted molar refractivity (Wildman–Crippen MR) is 91.4 cm³/mol. The quantitative estimate of drug-likeness (QED) is 0.423. The Balaban J connectivity index is -0.000000143. The van der Waals surface area contributed by atoms with E-state index in [1.54, 1.807) is 0 Å². The standard InChI is InChI=1S/2C10H15.2ClH.2Zr/c2*1-6-7(2)9(4)10(5)8(6)3;;;;/h2*1-5H3;2*1H;;/q2*-1;;;2*+4/p-2. The van der Waals surface area contributed by atoms with E-state index in [-0.39, 0.29) is 77.2 Å². The molecule has 0 bridgehead atoms. The maximum absolute atomic E-state index is 2.20. The Morgan fingerprint density at radius 1 is 0.417 bits per heavy atom. The van der Waals surface area contributed by atoms with Crippen LogP contribution in [0, 0.1) is 69.2 Å². The first-order chi connectivity index (χ1) is 9.11. The minimum atomic E-state index is 0. The molecule has 0 fully saturated rings. The average molecular weight is 524 g/mol. The van der Waals surface area contributed by atoms with Crippen molar-refractivity contribution in [2.75, 3.05) is 0 Å². The summed E-state index contributed by atoms with van der Waals surface area (Å²) in [5.74, 6) is 0. The molecule has 0 aromatic heterocycles. The number of hydrogen-bond donors (Lipinski definition) is 0. The van der Waals surface area contributed by atoms with Gasteiger partial charge in [-0.05, 0) is 0 Å². The fourth-order valence-electron chi connectivity index (χ4n) is 2.81. The average Bonchev–Trinajstić information content (AvgIpc) is 2.71. The zero-order valence-corrected chi connectivity index (χ0v) is 23.2. The van der Waals surface area contributed by atoms with E-state index in [1.807, 2.05) is 0 Å². The first-order valence-corrected chi connectivity index (χ1v) is 7.50. The summed E-state index contributed by atoms with van der Waals surface area (Å²) in [6.07, 6.45) is 0. The second kappa shape index (κ2) is 13.3. The van der Waals surface area contributed by atoms with Gasteiger partial charge in [-0.25, -0.2) is 0 Å². The molecule has 0 heterocycles. The summed E-state index contributed by atoms with van der Waals surface area (Å²) >= 11 is 0. The maximum Gasteiger partial charge on any atom is 4.00 e. The summed E-state index contributed by atoms with van der Waals surface area (Å²) < 4.78 is 0. The molecule has 4 heteroatoms. The van der Waals surface area contributed by atoms with Crippen LogP contribution in [0.25, 0.3) is 0 Å². The molecule has 0 nitrogen and oxygen atoms in total. The predicted octanol–water partition coefficient (Wildman–Crippen LogP) is -0.102. The Bertz CT molecular complexity index is 418. The zero-order valence-electron chi connectivity index (χ0n) is 16.8. The van der Waals surface area contributed by atoms with Crippen LogP contribution in [-0.2, 0) is 52.4 Å². The number of rotatable bonds is 0. The van der Waals surface area contributed by atoms with E-state index in [1.165, 1.54) is 55.6 Å². The monoisotopic (exact) mass is 520 g/mol. The molecule has 0 aliphatic carbocycles. The van der Waals surface area contributed by atoms with Gasteiger partial charge < -0.3 is 24.8 Å². The van der Waals surface area contributed by atoms with Gasteiger partial charge in [-0.15, -0.1) is 0 Å². The molecular weight excluding hydrogens is 494 g/mol. The Kier molecular flexibility index (Phi) is 18.1. The van der Waals surface area contributed by atoms with Crippen molar-refractivity contribution in [2.45, 2.75) is 69.2 Å². The molecule has 128 valence electrons. The van der Waals surface area contributed by atoms with Crippen molar-refractivity contribution in [2.24, 2.45) is 0 Å². The van der Waals surface area contributed by atoms with Gasteiger partial charge in [-0.3, -0.25) is 0 Å². The van der Waals surface area contributed by atoms with Crippen LogP contribution in [0.4, 0.5) is 0 Å². The van der Waals surface area contributed by atoms with Gasteiger partial charge in [0.25, 0.3) is 0 Å². The molecule has 0 saturated carbocycles. The maximum atomic E-state index is 2.20. The van der Waals surface area contributed by atoms with Crippen molar-refractivity contribution in [1.82, 2.24) is 0 Å². The Morgan fingerprint density at radius 2 is 0.542 bits per heavy atom. The van der Waals surface area contributed by atoms with Crippen molar-refractivity contribution in [3.8, 4) is 0 Å². The van der Waals surface area contributed by atoms with Crippen molar-refractivity contribution in [3.05, 3.63) is 55.6 Å². The topological polar surface area (TPSA) is 0 Å². The van der Waals surface area contributed by atoms with Gasteiger partial charge in [-0.2, -0.15) is 55.6 Å². The minimum Gasteiger partial charge on any atom is -1.00 e. The van der Waals surface area contributed by atoms with Crippen LogP contribution in [0.15, 0.2) is 0 Å². The third-order valence-corrected chi connectivity index (χ3v) is 5.62. The third kappa shape index (κ3) is 6.65. The summed E-state index contributed by atoms with van der Waals surface area (Å²) in [6, 6.07) is 0. The molecule has 2 aromatic carbocycles. The van der Waals surface area contributed by atoms with Crippen molar-refractivity contribution in [1.29, 1.82) is 0 Å². The second-order valence-corrected chi connectivity index (χ2v) is 6.25. The first-order valence-electron chi connectivity index (χ1n) is 7.50. The molecule has 0 atom stereocenters. The van der Waals surface area contributed by atoms with Gasteiger partial charge in [0.1, 0.15) is 0 Å². The van der Waals surface area contributed by atoms with Gasteiger partial charge in [0.15, 0.2) is 0 Å². The first kappa shape index (κ1) is 32.7. The van der Waals surface area contributed by atoms with Crippen LogP contribution in [0.1, 0.15) is 55.6 Å². The Hall–Kier alpha value is 1.05. The van der Waals surface area contributed by atoms with E-state index < -0.39 is 0 Å². The summed E-state index contributed by atoms with van der Waals surface area (Å²) in [4.78, 5) is 0. The molecule has 24 heavy (non-hydrogen) atoms. The zero-order chi connectivity index (χ0) is 15.8. The van der Waals surface area contributed by atoms with Gasteiger partial charge in [0.05, 0.1) is 0 Å². The van der Waals surface area contributed by atoms with Crippen molar-refractivity contribution < 1.29 is 77.2 Å². The molecule has 2 rings (SSSR count). The van der Waals surface area contributed by atoms with E-state index in [4.69, 9.17) is 0 Å². The molecule has 2 aromatic rings. The Morgan fingerprint density at radius 3 is 0.583 bits per heavy atom. The molecule has 0 spiro atoms. The molecule has 0 aliphatic rings. The smallest absolute Gasteiger partial charge is 1.00 e. The summed E-state index contributed by atoms with van der Waals surface area (Å²) in [5.41, 5.74) is 14.7. The van der Waals surface area contributed by atoms with E-state index >= 15 is 0 Å². The van der Waals surface area contributed by atoms with E-state index in [2.05, 4.69) is 69.2 Å². The van der Waals surface area contributed by atoms with E-state index in [0.717, 1.165) is 0 Å². The molecule has 0 N–H and O–H groups in total. The molecule has 0 unspecified atom stereocenters.